The largest absolute Gasteiger partial charge is 0.481 e. The highest BCUT2D eigenvalue weighted by atomic mass is 16.6. The van der Waals surface area contributed by atoms with Crippen molar-refractivity contribution in [2.24, 2.45) is 0 Å². The van der Waals surface area contributed by atoms with E-state index in [1.54, 1.807) is 41.5 Å². The number of ether oxygens (including phenoxy) is 2. The first kappa shape index (κ1) is 33.0. The molecule has 0 fully saturated rings. The Morgan fingerprint density at radius 3 is 1.38 bits per heavy atom. The number of carbonyl (C=O) groups excluding carboxylic acids is 4. The summed E-state index contributed by atoms with van der Waals surface area (Å²) in [5.74, 6) is -2.61. The average Bonchev–Trinajstić information content (AvgIpc) is 2.58. The maximum atomic E-state index is 11.4. The molecule has 0 aliphatic rings. The third-order valence-corrected chi connectivity index (χ3v) is 3.60. The fourth-order valence-corrected chi connectivity index (χ4v) is 2.15. The molecule has 0 rings (SSSR count). The second-order valence-corrected chi connectivity index (χ2v) is 9.52. The van der Waals surface area contributed by atoms with Crippen molar-refractivity contribution in [2.45, 2.75) is 104 Å². The first-order valence-electron chi connectivity index (χ1n) is 10.7. The van der Waals surface area contributed by atoms with Crippen LogP contribution in [0.4, 0.5) is 9.59 Å². The Balaban J connectivity index is 0. The number of nitrogens with one attached hydrogen (secondary N) is 2. The molecule has 0 aliphatic heterocycles. The van der Waals surface area contributed by atoms with Gasteiger partial charge in [0.2, 0.25) is 0 Å². The van der Waals surface area contributed by atoms with Crippen molar-refractivity contribution in [2.75, 3.05) is 0 Å². The number of carbonyl (C=O) groups is 6. The van der Waals surface area contributed by atoms with Crippen LogP contribution in [0.5, 0.6) is 0 Å². The number of Topliss-reactive ketones (excluding diaryl/α,β-unsaturated/α-hetero) is 2. The van der Waals surface area contributed by atoms with Crippen molar-refractivity contribution in [1.82, 2.24) is 10.6 Å². The molecule has 0 aromatic carbocycles. The van der Waals surface area contributed by atoms with Gasteiger partial charge in [-0.2, -0.15) is 0 Å². The topological polar surface area (TPSA) is 185 Å². The highest BCUT2D eigenvalue weighted by molar-refractivity contribution is 5.86. The van der Waals surface area contributed by atoms with Crippen LogP contribution in [0.25, 0.3) is 0 Å². The zero-order chi connectivity index (χ0) is 27.3. The fourth-order valence-electron chi connectivity index (χ4n) is 2.15. The maximum absolute atomic E-state index is 11.4. The number of carboxylic acids is 2. The molecule has 0 bridgehead atoms. The molecule has 0 spiro atoms. The van der Waals surface area contributed by atoms with Crippen LogP contribution >= 0.6 is 0 Å². The van der Waals surface area contributed by atoms with Gasteiger partial charge in [0.1, 0.15) is 23.0 Å². The molecule has 2 unspecified atom stereocenters. The van der Waals surface area contributed by atoms with E-state index in [4.69, 9.17) is 19.7 Å². The van der Waals surface area contributed by atoms with Crippen LogP contribution in [-0.4, -0.2) is 69.2 Å². The molecule has 4 N–H and O–H groups in total. The number of carboxylic acid groups (broad SMARTS) is 2. The van der Waals surface area contributed by atoms with E-state index in [1.165, 1.54) is 13.8 Å². The summed E-state index contributed by atoms with van der Waals surface area (Å²) in [5.41, 5.74) is -1.34. The first-order valence-corrected chi connectivity index (χ1v) is 10.7. The molecule has 0 aromatic heterocycles. The molecule has 0 saturated carbocycles. The van der Waals surface area contributed by atoms with Crippen LogP contribution < -0.4 is 10.6 Å². The van der Waals surface area contributed by atoms with Gasteiger partial charge in [-0.1, -0.05) is 0 Å². The standard InChI is InChI=1S/C12H21NO4.C10H17NO6/c1-8(14)6-7-10(9(2)15)13-11(16)17-12(3,4)5;1-10(2,3)17-9(16)11-6(8(14)15)4-5-7(12)13/h10H,6-7H2,1-5H3,(H,13,16);6H,4-5H2,1-3H3,(H,11,16)(H,12,13)(H,14,15). The van der Waals surface area contributed by atoms with Gasteiger partial charge in [-0.05, 0) is 68.2 Å². The summed E-state index contributed by atoms with van der Waals surface area (Å²) in [4.78, 5) is 65.9. The predicted molar refractivity (Wildman–Crippen MR) is 121 cm³/mol. The molecule has 2 atom stereocenters. The normalized spacial score (nSPS) is 12.7. The molecule has 0 saturated heterocycles. The summed E-state index contributed by atoms with van der Waals surface area (Å²) in [6, 6.07) is -1.92. The van der Waals surface area contributed by atoms with Crippen LogP contribution in [0.15, 0.2) is 0 Å². The molecule has 0 aromatic rings. The average molecular weight is 491 g/mol. The van der Waals surface area contributed by atoms with Gasteiger partial charge in [0.05, 0.1) is 6.04 Å². The van der Waals surface area contributed by atoms with E-state index < -0.39 is 47.4 Å². The Morgan fingerprint density at radius 2 is 1.09 bits per heavy atom. The minimum absolute atomic E-state index is 0.0118. The second kappa shape index (κ2) is 14.9. The Hall–Kier alpha value is -3.18. The molecular formula is C22H38N2O10. The number of hydrogen-bond acceptors (Lipinski definition) is 8. The van der Waals surface area contributed by atoms with E-state index in [0.717, 1.165) is 0 Å². The van der Waals surface area contributed by atoms with E-state index in [-0.39, 0.29) is 30.8 Å². The lowest BCUT2D eigenvalue weighted by atomic mass is 10.1. The lowest BCUT2D eigenvalue weighted by molar-refractivity contribution is -0.140. The second-order valence-electron chi connectivity index (χ2n) is 9.52. The highest BCUT2D eigenvalue weighted by Gasteiger charge is 2.24. The molecule has 0 radical (unpaired) electrons. The molecule has 0 aliphatic carbocycles. The van der Waals surface area contributed by atoms with Crippen molar-refractivity contribution in [3.8, 4) is 0 Å². The minimum Gasteiger partial charge on any atom is -0.481 e. The van der Waals surface area contributed by atoms with E-state index >= 15 is 0 Å². The summed E-state index contributed by atoms with van der Waals surface area (Å²) in [6.07, 6.45) is -1.47. The molecule has 12 nitrogen and oxygen atoms in total. The van der Waals surface area contributed by atoms with E-state index in [0.29, 0.717) is 6.42 Å². The maximum Gasteiger partial charge on any atom is 0.408 e. The zero-order valence-electron chi connectivity index (χ0n) is 21.1. The van der Waals surface area contributed by atoms with Gasteiger partial charge in [0, 0.05) is 12.8 Å². The number of hydrogen-bond donors (Lipinski definition) is 4. The third kappa shape index (κ3) is 20.7. The van der Waals surface area contributed by atoms with Gasteiger partial charge in [-0.25, -0.2) is 14.4 Å². The molecule has 34 heavy (non-hydrogen) atoms. The van der Waals surface area contributed by atoms with E-state index in [1.807, 2.05) is 0 Å². The van der Waals surface area contributed by atoms with Gasteiger partial charge in [0.25, 0.3) is 0 Å². The molecule has 196 valence electrons. The Morgan fingerprint density at radius 1 is 0.706 bits per heavy atom. The Labute approximate surface area is 199 Å². The van der Waals surface area contributed by atoms with Crippen LogP contribution in [0.3, 0.4) is 0 Å². The molecular weight excluding hydrogens is 452 g/mol. The van der Waals surface area contributed by atoms with Crippen molar-refractivity contribution in [3.05, 3.63) is 0 Å². The van der Waals surface area contributed by atoms with Crippen LogP contribution in [-0.2, 0) is 28.7 Å². The predicted octanol–water partition coefficient (Wildman–Crippen LogP) is 2.67. The van der Waals surface area contributed by atoms with Crippen molar-refractivity contribution < 1.29 is 48.5 Å². The van der Waals surface area contributed by atoms with Gasteiger partial charge < -0.3 is 35.1 Å². The van der Waals surface area contributed by atoms with Gasteiger partial charge in [-0.3, -0.25) is 9.59 Å². The fraction of sp³-hybridized carbons (Fsp3) is 0.727. The number of ketones is 2. The monoisotopic (exact) mass is 490 g/mol. The first-order chi connectivity index (χ1) is 15.2. The van der Waals surface area contributed by atoms with E-state index in [9.17, 15) is 28.8 Å². The summed E-state index contributed by atoms with van der Waals surface area (Å²) in [7, 11) is 0. The van der Waals surface area contributed by atoms with Crippen molar-refractivity contribution in [3.63, 3.8) is 0 Å². The lowest BCUT2D eigenvalue weighted by Crippen LogP contribution is -2.43. The summed E-state index contributed by atoms with van der Waals surface area (Å²) in [5, 5.41) is 21.8. The van der Waals surface area contributed by atoms with Crippen LogP contribution in [0.2, 0.25) is 0 Å². The summed E-state index contributed by atoms with van der Waals surface area (Å²) >= 11 is 0. The number of rotatable bonds is 10. The smallest absolute Gasteiger partial charge is 0.408 e. The number of amides is 2. The number of aliphatic carboxylic acids is 2. The van der Waals surface area contributed by atoms with Crippen LogP contribution in [0, 0.1) is 0 Å². The SMILES string of the molecule is CC(=O)CCC(NC(=O)OC(C)(C)C)C(C)=O.CC(C)(C)OC(=O)NC(CCC(=O)O)C(=O)O. The van der Waals surface area contributed by atoms with Gasteiger partial charge >= 0.3 is 24.1 Å². The van der Waals surface area contributed by atoms with Crippen molar-refractivity contribution in [1.29, 1.82) is 0 Å². The Bertz CT molecular complexity index is 673. The summed E-state index contributed by atoms with van der Waals surface area (Å²) < 4.78 is 9.90. The Kier molecular flexibility index (Phi) is 14.4. The number of alkyl carbamates (subject to hydrolysis) is 2. The van der Waals surface area contributed by atoms with Crippen molar-refractivity contribution >= 4 is 35.7 Å². The van der Waals surface area contributed by atoms with Crippen LogP contribution in [0.1, 0.15) is 81.1 Å². The van der Waals surface area contributed by atoms with E-state index in [2.05, 4.69) is 10.6 Å². The molecule has 12 heteroatoms. The molecule has 2 amide bonds. The zero-order valence-corrected chi connectivity index (χ0v) is 21.1. The quantitative estimate of drug-likeness (QED) is 0.355. The highest BCUT2D eigenvalue weighted by Crippen LogP contribution is 2.09. The third-order valence-electron chi connectivity index (χ3n) is 3.60. The lowest BCUT2D eigenvalue weighted by Gasteiger charge is -2.22. The summed E-state index contributed by atoms with van der Waals surface area (Å²) in [6.45, 7) is 13.0. The van der Waals surface area contributed by atoms with Gasteiger partial charge in [-0.15, -0.1) is 0 Å². The van der Waals surface area contributed by atoms with Gasteiger partial charge in [0.15, 0.2) is 5.78 Å². The minimum atomic E-state index is -1.29. The molecule has 0 heterocycles.